The molecule has 0 aromatic heterocycles. The zero-order valence-corrected chi connectivity index (χ0v) is 10.6. The number of morpholine rings is 1. The van der Waals surface area contributed by atoms with Crippen molar-refractivity contribution in [2.75, 3.05) is 13.2 Å². The van der Waals surface area contributed by atoms with E-state index in [2.05, 4.69) is 0 Å². The predicted octanol–water partition coefficient (Wildman–Crippen LogP) is 1.74. The molecule has 4 nitrogen and oxygen atoms in total. The van der Waals surface area contributed by atoms with Gasteiger partial charge in [0.25, 0.3) is 5.91 Å². The number of ether oxygens (including phenoxy) is 1. The van der Waals surface area contributed by atoms with E-state index in [1.807, 2.05) is 0 Å². The SMILES string of the molecule is CC1(C)C(=O)OCCN1C(=O)c1ccc(F)c(F)c1. The third-order valence-corrected chi connectivity index (χ3v) is 3.13. The van der Waals surface area contributed by atoms with Crippen molar-refractivity contribution in [3.05, 3.63) is 35.4 Å². The van der Waals surface area contributed by atoms with E-state index in [0.717, 1.165) is 12.1 Å². The maximum atomic E-state index is 13.1. The van der Waals surface area contributed by atoms with E-state index in [-0.39, 0.29) is 18.7 Å². The molecule has 1 heterocycles. The Morgan fingerprint density at radius 2 is 2.00 bits per heavy atom. The molecule has 0 N–H and O–H groups in total. The van der Waals surface area contributed by atoms with Crippen LogP contribution in [0.15, 0.2) is 18.2 Å². The molecule has 1 aromatic carbocycles. The first-order valence-corrected chi connectivity index (χ1v) is 5.78. The van der Waals surface area contributed by atoms with Crippen LogP contribution in [0.3, 0.4) is 0 Å². The summed E-state index contributed by atoms with van der Waals surface area (Å²) in [6.45, 7) is 3.41. The Kier molecular flexibility index (Phi) is 3.26. The van der Waals surface area contributed by atoms with Gasteiger partial charge in [0, 0.05) is 5.56 Å². The molecule has 1 aliphatic rings. The van der Waals surface area contributed by atoms with Crippen molar-refractivity contribution >= 4 is 11.9 Å². The number of amides is 1. The molecule has 19 heavy (non-hydrogen) atoms. The maximum Gasteiger partial charge on any atom is 0.331 e. The molecule has 102 valence electrons. The van der Waals surface area contributed by atoms with Gasteiger partial charge in [-0.2, -0.15) is 0 Å². The Hall–Kier alpha value is -1.98. The fraction of sp³-hybridized carbons (Fsp3) is 0.385. The van der Waals surface area contributed by atoms with E-state index in [9.17, 15) is 18.4 Å². The number of carbonyl (C=O) groups excluding carboxylic acids is 2. The number of rotatable bonds is 1. The predicted molar refractivity (Wildman–Crippen MR) is 62.4 cm³/mol. The van der Waals surface area contributed by atoms with Crippen LogP contribution in [0.25, 0.3) is 0 Å². The summed E-state index contributed by atoms with van der Waals surface area (Å²) in [5.74, 6) is -3.16. The van der Waals surface area contributed by atoms with Gasteiger partial charge in [-0.3, -0.25) is 4.79 Å². The van der Waals surface area contributed by atoms with Gasteiger partial charge in [0.1, 0.15) is 12.1 Å². The van der Waals surface area contributed by atoms with Crippen molar-refractivity contribution in [2.45, 2.75) is 19.4 Å². The summed E-state index contributed by atoms with van der Waals surface area (Å²) in [4.78, 5) is 25.2. The Balaban J connectivity index is 2.32. The number of cyclic esters (lactones) is 1. The number of carbonyl (C=O) groups is 2. The zero-order valence-electron chi connectivity index (χ0n) is 10.6. The van der Waals surface area contributed by atoms with Gasteiger partial charge in [-0.25, -0.2) is 13.6 Å². The molecule has 6 heteroatoms. The van der Waals surface area contributed by atoms with Gasteiger partial charge >= 0.3 is 5.97 Å². The van der Waals surface area contributed by atoms with E-state index in [4.69, 9.17) is 4.74 Å². The van der Waals surface area contributed by atoms with Crippen LogP contribution in [-0.4, -0.2) is 35.5 Å². The molecule has 1 amide bonds. The molecule has 0 bridgehead atoms. The van der Waals surface area contributed by atoms with Crippen LogP contribution in [-0.2, 0) is 9.53 Å². The smallest absolute Gasteiger partial charge is 0.331 e. The Morgan fingerprint density at radius 1 is 1.32 bits per heavy atom. The van der Waals surface area contributed by atoms with Gasteiger partial charge in [0.2, 0.25) is 0 Å². The summed E-state index contributed by atoms with van der Waals surface area (Å²) in [5.41, 5.74) is -1.12. The topological polar surface area (TPSA) is 46.6 Å². The lowest BCUT2D eigenvalue weighted by atomic mass is 10.00. The number of hydrogen-bond acceptors (Lipinski definition) is 3. The van der Waals surface area contributed by atoms with Crippen LogP contribution >= 0.6 is 0 Å². The van der Waals surface area contributed by atoms with Gasteiger partial charge in [0.15, 0.2) is 11.6 Å². The highest BCUT2D eigenvalue weighted by atomic mass is 19.2. The number of esters is 1. The second-order valence-electron chi connectivity index (χ2n) is 4.78. The first-order valence-electron chi connectivity index (χ1n) is 5.78. The summed E-state index contributed by atoms with van der Waals surface area (Å²) in [6, 6.07) is 2.91. The highest BCUT2D eigenvalue weighted by molar-refractivity contribution is 5.98. The summed E-state index contributed by atoms with van der Waals surface area (Å²) in [5, 5.41) is 0. The van der Waals surface area contributed by atoms with Gasteiger partial charge in [-0.15, -0.1) is 0 Å². The van der Waals surface area contributed by atoms with Gasteiger partial charge in [0.05, 0.1) is 6.54 Å². The van der Waals surface area contributed by atoms with Crippen LogP contribution in [0.1, 0.15) is 24.2 Å². The highest BCUT2D eigenvalue weighted by Crippen LogP contribution is 2.23. The largest absolute Gasteiger partial charge is 0.462 e. The highest BCUT2D eigenvalue weighted by Gasteiger charge is 2.42. The van der Waals surface area contributed by atoms with Crippen LogP contribution in [0.5, 0.6) is 0 Å². The molecule has 1 fully saturated rings. The molecular weight excluding hydrogens is 256 g/mol. The lowest BCUT2D eigenvalue weighted by Crippen LogP contribution is -2.58. The molecule has 1 aromatic rings. The van der Waals surface area contributed by atoms with Crippen molar-refractivity contribution in [3.63, 3.8) is 0 Å². The van der Waals surface area contributed by atoms with Crippen LogP contribution in [0.2, 0.25) is 0 Å². The monoisotopic (exact) mass is 269 g/mol. The van der Waals surface area contributed by atoms with Crippen LogP contribution < -0.4 is 0 Å². The minimum atomic E-state index is -1.12. The van der Waals surface area contributed by atoms with E-state index in [1.165, 1.54) is 11.0 Å². The lowest BCUT2D eigenvalue weighted by Gasteiger charge is -2.40. The number of nitrogens with zero attached hydrogens (tertiary/aromatic N) is 1. The molecule has 1 saturated heterocycles. The van der Waals surface area contributed by atoms with Crippen molar-refractivity contribution in [3.8, 4) is 0 Å². The Morgan fingerprint density at radius 3 is 2.63 bits per heavy atom. The van der Waals surface area contributed by atoms with E-state index < -0.39 is 29.0 Å². The molecular formula is C13H13F2NO3. The Labute approximate surface area is 109 Å². The first kappa shape index (κ1) is 13.5. The quantitative estimate of drug-likeness (QED) is 0.730. The van der Waals surface area contributed by atoms with Crippen molar-refractivity contribution in [1.29, 1.82) is 0 Å². The van der Waals surface area contributed by atoms with Gasteiger partial charge in [-0.05, 0) is 32.0 Å². The van der Waals surface area contributed by atoms with Crippen LogP contribution in [0.4, 0.5) is 8.78 Å². The molecule has 0 radical (unpaired) electrons. The third kappa shape index (κ3) is 2.30. The van der Waals surface area contributed by atoms with Crippen molar-refractivity contribution < 1.29 is 23.1 Å². The normalized spacial score (nSPS) is 18.1. The standard InChI is InChI=1S/C13H13F2NO3/c1-13(2)12(18)19-6-5-16(13)11(17)8-3-4-9(14)10(15)7-8/h3-4,7H,5-6H2,1-2H3. The average Bonchev–Trinajstić information content (AvgIpc) is 2.35. The number of hydrogen-bond donors (Lipinski definition) is 0. The average molecular weight is 269 g/mol. The summed E-state index contributed by atoms with van der Waals surface area (Å²) in [7, 11) is 0. The number of benzene rings is 1. The summed E-state index contributed by atoms with van der Waals surface area (Å²) < 4.78 is 30.9. The third-order valence-electron chi connectivity index (χ3n) is 3.13. The first-order chi connectivity index (χ1) is 8.84. The second-order valence-corrected chi connectivity index (χ2v) is 4.78. The minimum absolute atomic E-state index is 0.00155. The molecule has 0 spiro atoms. The summed E-state index contributed by atoms with van der Waals surface area (Å²) in [6.07, 6.45) is 0. The minimum Gasteiger partial charge on any atom is -0.462 e. The van der Waals surface area contributed by atoms with Crippen molar-refractivity contribution in [1.82, 2.24) is 4.90 Å². The van der Waals surface area contributed by atoms with Gasteiger partial charge in [-0.1, -0.05) is 0 Å². The zero-order chi connectivity index (χ0) is 14.2. The van der Waals surface area contributed by atoms with E-state index in [1.54, 1.807) is 13.8 Å². The van der Waals surface area contributed by atoms with Crippen LogP contribution in [0, 0.1) is 11.6 Å². The Bertz CT molecular complexity index is 543. The van der Waals surface area contributed by atoms with Crippen molar-refractivity contribution in [2.24, 2.45) is 0 Å². The molecule has 2 rings (SSSR count). The van der Waals surface area contributed by atoms with E-state index in [0.29, 0.717) is 0 Å². The molecule has 1 aliphatic heterocycles. The maximum absolute atomic E-state index is 13.1. The second kappa shape index (κ2) is 4.60. The lowest BCUT2D eigenvalue weighted by molar-refractivity contribution is -0.162. The van der Waals surface area contributed by atoms with Gasteiger partial charge < -0.3 is 9.64 Å². The fourth-order valence-corrected chi connectivity index (χ4v) is 1.94. The molecule has 0 saturated carbocycles. The summed E-state index contributed by atoms with van der Waals surface area (Å²) >= 11 is 0. The molecule has 0 atom stereocenters. The number of halogens is 2. The molecule has 0 unspecified atom stereocenters. The molecule has 0 aliphatic carbocycles. The van der Waals surface area contributed by atoms with E-state index >= 15 is 0 Å². The fourth-order valence-electron chi connectivity index (χ4n) is 1.94.